The fraction of sp³-hybridized carbons (Fsp3) is 0.300. The van der Waals surface area contributed by atoms with E-state index in [0.29, 0.717) is 11.3 Å². The molecule has 0 amide bonds. The Hall–Kier alpha value is -1.01. The molecule has 86 valence electrons. The molecular formula is C10H8BrF2NO2. The first-order valence-corrected chi connectivity index (χ1v) is 5.31. The van der Waals surface area contributed by atoms with Crippen molar-refractivity contribution in [1.82, 2.24) is 0 Å². The van der Waals surface area contributed by atoms with Crippen LogP contribution in [-0.4, -0.2) is 21.4 Å². The highest BCUT2D eigenvalue weighted by Crippen LogP contribution is 2.41. The fourth-order valence-corrected chi connectivity index (χ4v) is 1.57. The average molecular weight is 292 g/mol. The van der Waals surface area contributed by atoms with E-state index in [1.54, 1.807) is 30.3 Å². The molecule has 1 aromatic rings. The zero-order valence-electron chi connectivity index (χ0n) is 8.03. The van der Waals surface area contributed by atoms with E-state index in [9.17, 15) is 13.9 Å². The number of hydrogen-bond donors (Lipinski definition) is 1. The summed E-state index contributed by atoms with van der Waals surface area (Å²) in [7, 11) is 0. The summed E-state index contributed by atoms with van der Waals surface area (Å²) in [6.07, 6.45) is -0.366. The molecule has 0 radical (unpaired) electrons. The van der Waals surface area contributed by atoms with Crippen molar-refractivity contribution < 1.29 is 18.7 Å². The monoisotopic (exact) mass is 291 g/mol. The first-order valence-electron chi connectivity index (χ1n) is 4.52. The van der Waals surface area contributed by atoms with E-state index in [4.69, 9.17) is 0 Å². The van der Waals surface area contributed by atoms with Gasteiger partial charge in [-0.2, -0.15) is 8.78 Å². The smallest absolute Gasteiger partial charge is 0.352 e. The van der Waals surface area contributed by atoms with Gasteiger partial charge in [0.15, 0.2) is 0 Å². The van der Waals surface area contributed by atoms with Crippen LogP contribution in [0.5, 0.6) is 0 Å². The second-order valence-corrected chi connectivity index (χ2v) is 4.45. The van der Waals surface area contributed by atoms with Crippen LogP contribution in [0.4, 0.5) is 8.78 Å². The highest BCUT2D eigenvalue weighted by molar-refractivity contribution is 9.10. The van der Waals surface area contributed by atoms with Gasteiger partial charge in [0.2, 0.25) is 0 Å². The first kappa shape index (κ1) is 11.5. The van der Waals surface area contributed by atoms with Crippen LogP contribution in [-0.2, 0) is 4.84 Å². The molecule has 16 heavy (non-hydrogen) atoms. The summed E-state index contributed by atoms with van der Waals surface area (Å²) in [4.78, 5) is 0.877. The van der Waals surface area contributed by atoms with Gasteiger partial charge in [-0.3, -0.25) is 0 Å². The molecule has 1 unspecified atom stereocenters. The Morgan fingerprint density at radius 3 is 2.50 bits per heavy atom. The van der Waals surface area contributed by atoms with Crippen molar-refractivity contribution in [2.75, 3.05) is 0 Å². The Bertz CT molecular complexity index is 419. The van der Waals surface area contributed by atoms with Crippen molar-refractivity contribution in [2.45, 2.75) is 17.0 Å². The summed E-state index contributed by atoms with van der Waals surface area (Å²) in [6.45, 7) is 0. The maximum Gasteiger partial charge on any atom is 0.367 e. The number of alkyl halides is 3. The van der Waals surface area contributed by atoms with Crippen molar-refractivity contribution >= 4 is 21.6 Å². The minimum atomic E-state index is -3.54. The molecule has 0 aromatic heterocycles. The van der Waals surface area contributed by atoms with Crippen LogP contribution in [0.3, 0.4) is 0 Å². The molecule has 2 rings (SSSR count). The van der Waals surface area contributed by atoms with Gasteiger partial charge in [0.25, 0.3) is 0 Å². The van der Waals surface area contributed by atoms with Gasteiger partial charge in [-0.25, -0.2) is 0 Å². The van der Waals surface area contributed by atoms with Crippen LogP contribution in [0.25, 0.3) is 0 Å². The second kappa shape index (κ2) is 3.78. The number of rotatable bonds is 2. The molecule has 0 spiro atoms. The number of halogens is 3. The molecule has 1 aliphatic heterocycles. The lowest BCUT2D eigenvalue weighted by atomic mass is 10.0. The Balaban J connectivity index is 2.20. The molecule has 6 heteroatoms. The molecule has 1 N–H and O–H groups in total. The Morgan fingerprint density at radius 1 is 1.38 bits per heavy atom. The number of oxime groups is 1. The molecule has 1 atom stereocenters. The average Bonchev–Trinajstić information content (AvgIpc) is 2.63. The van der Waals surface area contributed by atoms with Gasteiger partial charge in [-0.05, 0) is 21.5 Å². The minimum Gasteiger partial charge on any atom is -0.352 e. The van der Waals surface area contributed by atoms with E-state index in [1.807, 2.05) is 0 Å². The zero-order chi connectivity index (χ0) is 11.8. The minimum absolute atomic E-state index is 0.294. The topological polar surface area (TPSA) is 41.8 Å². The SMILES string of the molecule is OC1(C(F)(F)Br)CC(c2ccccc2)=NO1. The normalized spacial score (nSPS) is 25.1. The summed E-state index contributed by atoms with van der Waals surface area (Å²) in [5.41, 5.74) is 0.942. The van der Waals surface area contributed by atoms with Crippen LogP contribution in [0.2, 0.25) is 0 Å². The maximum absolute atomic E-state index is 13.0. The van der Waals surface area contributed by atoms with Gasteiger partial charge in [0.1, 0.15) is 0 Å². The third kappa shape index (κ3) is 1.94. The molecule has 0 saturated carbocycles. The Labute approximate surface area is 98.8 Å². The molecule has 0 bridgehead atoms. The summed E-state index contributed by atoms with van der Waals surface area (Å²) < 4.78 is 25.9. The van der Waals surface area contributed by atoms with Crippen LogP contribution < -0.4 is 0 Å². The van der Waals surface area contributed by atoms with E-state index < -0.39 is 10.6 Å². The standard InChI is InChI=1S/C10H8BrF2NO2/c11-10(12,13)9(15)6-8(14-16-9)7-4-2-1-3-5-7/h1-5,15H,6H2. The highest BCUT2D eigenvalue weighted by atomic mass is 79.9. The molecule has 0 aliphatic carbocycles. The van der Waals surface area contributed by atoms with Gasteiger partial charge in [-0.1, -0.05) is 35.5 Å². The van der Waals surface area contributed by atoms with Gasteiger partial charge >= 0.3 is 10.6 Å². The summed E-state index contributed by atoms with van der Waals surface area (Å²) in [5.74, 6) is -2.61. The molecule has 1 heterocycles. The molecular weight excluding hydrogens is 284 g/mol. The number of aliphatic hydroxyl groups is 1. The lowest BCUT2D eigenvalue weighted by Gasteiger charge is -2.24. The van der Waals surface area contributed by atoms with Crippen LogP contribution in [0.1, 0.15) is 12.0 Å². The molecule has 1 aliphatic rings. The third-order valence-electron chi connectivity index (χ3n) is 2.26. The van der Waals surface area contributed by atoms with Crippen LogP contribution >= 0.6 is 15.9 Å². The van der Waals surface area contributed by atoms with E-state index in [0.717, 1.165) is 0 Å². The lowest BCUT2D eigenvalue weighted by molar-refractivity contribution is -0.266. The zero-order valence-corrected chi connectivity index (χ0v) is 9.62. The quantitative estimate of drug-likeness (QED) is 0.851. The van der Waals surface area contributed by atoms with E-state index in [1.165, 1.54) is 0 Å². The van der Waals surface area contributed by atoms with E-state index >= 15 is 0 Å². The third-order valence-corrected chi connectivity index (χ3v) is 2.88. The number of benzene rings is 1. The van der Waals surface area contributed by atoms with Gasteiger partial charge in [0, 0.05) is 0 Å². The maximum atomic E-state index is 13.0. The molecule has 3 nitrogen and oxygen atoms in total. The summed E-state index contributed by atoms with van der Waals surface area (Å²) in [6, 6.07) is 8.72. The number of nitrogens with zero attached hydrogens (tertiary/aromatic N) is 1. The van der Waals surface area contributed by atoms with Crippen molar-refractivity contribution in [3.63, 3.8) is 0 Å². The van der Waals surface area contributed by atoms with Crippen molar-refractivity contribution in [2.24, 2.45) is 5.16 Å². The highest BCUT2D eigenvalue weighted by Gasteiger charge is 2.57. The Morgan fingerprint density at radius 2 is 2.00 bits per heavy atom. The lowest BCUT2D eigenvalue weighted by Crippen LogP contribution is -2.44. The molecule has 0 saturated heterocycles. The molecule has 1 aromatic carbocycles. The second-order valence-electron chi connectivity index (χ2n) is 3.45. The van der Waals surface area contributed by atoms with Gasteiger partial charge in [-0.15, -0.1) is 0 Å². The first-order chi connectivity index (χ1) is 7.42. The largest absolute Gasteiger partial charge is 0.367 e. The predicted octanol–water partition coefficient (Wildman–Crippen LogP) is 2.49. The van der Waals surface area contributed by atoms with Gasteiger partial charge in [0.05, 0.1) is 12.1 Å². The van der Waals surface area contributed by atoms with E-state index in [-0.39, 0.29) is 6.42 Å². The summed E-state index contributed by atoms with van der Waals surface area (Å²) in [5, 5.41) is 13.0. The van der Waals surface area contributed by atoms with Crippen LogP contribution in [0, 0.1) is 0 Å². The van der Waals surface area contributed by atoms with Gasteiger partial charge < -0.3 is 9.94 Å². The molecule has 0 fully saturated rings. The fourth-order valence-electron chi connectivity index (χ4n) is 1.36. The van der Waals surface area contributed by atoms with E-state index in [2.05, 4.69) is 25.9 Å². The van der Waals surface area contributed by atoms with Crippen molar-refractivity contribution in [1.29, 1.82) is 0 Å². The Kier molecular flexibility index (Phi) is 2.71. The van der Waals surface area contributed by atoms with Crippen molar-refractivity contribution in [3.05, 3.63) is 35.9 Å². The summed E-state index contributed by atoms with van der Waals surface area (Å²) >= 11 is 2.08. The van der Waals surface area contributed by atoms with Crippen molar-refractivity contribution in [3.8, 4) is 0 Å². The number of hydrogen-bond acceptors (Lipinski definition) is 3. The van der Waals surface area contributed by atoms with Crippen LogP contribution in [0.15, 0.2) is 35.5 Å². The predicted molar refractivity (Wildman–Crippen MR) is 57.5 cm³/mol.